The number of aromatic nitrogens is 4. The molecule has 0 fully saturated rings. The molecule has 26 heavy (non-hydrogen) atoms. The number of carbonyl (C=O) groups is 1. The number of anilines is 1. The maximum Gasteiger partial charge on any atom is 0.276 e. The zero-order chi connectivity index (χ0) is 17.9. The van der Waals surface area contributed by atoms with E-state index in [2.05, 4.69) is 20.3 Å². The molecule has 0 spiro atoms. The van der Waals surface area contributed by atoms with Crippen LogP contribution < -0.4 is 5.32 Å². The van der Waals surface area contributed by atoms with Crippen LogP contribution >= 0.6 is 11.3 Å². The fourth-order valence-electron chi connectivity index (χ4n) is 2.55. The molecule has 0 aliphatic carbocycles. The van der Waals surface area contributed by atoms with E-state index in [0.717, 1.165) is 22.8 Å². The van der Waals surface area contributed by atoms with Gasteiger partial charge in [0.25, 0.3) is 5.91 Å². The van der Waals surface area contributed by atoms with Gasteiger partial charge in [-0.2, -0.15) is 0 Å². The van der Waals surface area contributed by atoms with Crippen LogP contribution in [-0.2, 0) is 0 Å². The van der Waals surface area contributed by atoms with Crippen molar-refractivity contribution in [3.63, 3.8) is 0 Å². The number of hydrogen-bond acceptors (Lipinski definition) is 5. The Bertz CT molecular complexity index is 1050. The molecule has 4 aromatic rings. The van der Waals surface area contributed by atoms with Crippen LogP contribution in [-0.4, -0.2) is 25.4 Å². The van der Waals surface area contributed by atoms with Crippen LogP contribution in [0.3, 0.4) is 0 Å². The summed E-state index contributed by atoms with van der Waals surface area (Å²) in [6, 6.07) is 15.4. The van der Waals surface area contributed by atoms with Crippen LogP contribution in [0.1, 0.15) is 16.2 Å². The van der Waals surface area contributed by atoms with E-state index in [1.54, 1.807) is 17.1 Å². The summed E-state index contributed by atoms with van der Waals surface area (Å²) in [7, 11) is 0. The maximum absolute atomic E-state index is 12.6. The molecular weight excluding hydrogens is 346 g/mol. The fourth-order valence-corrected chi connectivity index (χ4v) is 3.25. The number of nitrogens with one attached hydrogen (secondary N) is 1. The molecular formula is C19H15N5OS. The molecule has 0 atom stereocenters. The first kappa shape index (κ1) is 16.2. The number of nitrogens with zero attached hydrogens (tertiary/aromatic N) is 4. The molecule has 128 valence electrons. The van der Waals surface area contributed by atoms with Crippen molar-refractivity contribution in [3.05, 3.63) is 77.8 Å². The Morgan fingerprint density at radius 3 is 2.69 bits per heavy atom. The summed E-state index contributed by atoms with van der Waals surface area (Å²) in [4.78, 5) is 25.7. The maximum atomic E-state index is 12.6. The summed E-state index contributed by atoms with van der Waals surface area (Å²) >= 11 is 1.36. The second kappa shape index (κ2) is 6.89. The summed E-state index contributed by atoms with van der Waals surface area (Å²) in [6.07, 6.45) is 3.16. The molecule has 0 saturated carbocycles. The van der Waals surface area contributed by atoms with Gasteiger partial charge in [-0.3, -0.25) is 19.7 Å². The summed E-state index contributed by atoms with van der Waals surface area (Å²) < 4.78 is 1.74. The molecule has 3 heterocycles. The van der Waals surface area contributed by atoms with Crippen LogP contribution in [0.15, 0.2) is 66.4 Å². The largest absolute Gasteiger partial charge is 0.296 e. The van der Waals surface area contributed by atoms with E-state index < -0.39 is 0 Å². The van der Waals surface area contributed by atoms with Crippen LogP contribution in [0.5, 0.6) is 0 Å². The molecule has 1 aromatic carbocycles. The Hall–Kier alpha value is -3.32. The average Bonchev–Trinajstić information content (AvgIpc) is 3.32. The zero-order valence-electron chi connectivity index (χ0n) is 14.0. The van der Waals surface area contributed by atoms with Crippen molar-refractivity contribution in [1.82, 2.24) is 19.5 Å². The summed E-state index contributed by atoms with van der Waals surface area (Å²) in [5.41, 5.74) is 3.77. The summed E-state index contributed by atoms with van der Waals surface area (Å²) in [5.74, 6) is -0.260. The van der Waals surface area contributed by atoms with Crippen LogP contribution in [0.4, 0.5) is 5.13 Å². The lowest BCUT2D eigenvalue weighted by molar-refractivity contribution is 0.102. The molecule has 0 aliphatic rings. The lowest BCUT2D eigenvalue weighted by atomic mass is 10.3. The summed E-state index contributed by atoms with van der Waals surface area (Å²) in [6.45, 7) is 1.93. The van der Waals surface area contributed by atoms with Gasteiger partial charge in [0.2, 0.25) is 0 Å². The Morgan fingerprint density at radius 2 is 1.88 bits per heavy atom. The van der Waals surface area contributed by atoms with Gasteiger partial charge in [-0.25, -0.2) is 9.97 Å². The molecule has 0 bridgehead atoms. The Morgan fingerprint density at radius 1 is 1.04 bits per heavy atom. The molecule has 0 unspecified atom stereocenters. The lowest BCUT2D eigenvalue weighted by Crippen LogP contribution is -2.15. The topological polar surface area (TPSA) is 72.7 Å². The monoisotopic (exact) mass is 361 g/mol. The molecule has 4 rings (SSSR count). The minimum absolute atomic E-state index is 0.260. The minimum Gasteiger partial charge on any atom is -0.296 e. The second-order valence-electron chi connectivity index (χ2n) is 5.64. The number of para-hydroxylation sites is 1. The number of aryl methyl sites for hydroxylation is 1. The van der Waals surface area contributed by atoms with Crippen molar-refractivity contribution in [2.45, 2.75) is 6.92 Å². The molecule has 1 amide bonds. The highest BCUT2D eigenvalue weighted by atomic mass is 32.1. The number of benzene rings is 1. The van der Waals surface area contributed by atoms with E-state index in [0.29, 0.717) is 10.8 Å². The molecule has 6 nitrogen and oxygen atoms in total. The number of rotatable bonds is 4. The number of pyridine rings is 1. The standard InChI is InChI=1S/C19H15N5OS/c1-13-6-5-9-15(21-13)16-11-26-19(22-16)23-18(25)17-10-20-12-24(17)14-7-3-2-4-8-14/h2-12H,1H3,(H,22,23,25). The zero-order valence-corrected chi connectivity index (χ0v) is 14.8. The van der Waals surface area contributed by atoms with Gasteiger partial charge in [-0.15, -0.1) is 11.3 Å². The van der Waals surface area contributed by atoms with E-state index in [4.69, 9.17) is 0 Å². The lowest BCUT2D eigenvalue weighted by Gasteiger charge is -2.07. The van der Waals surface area contributed by atoms with Gasteiger partial charge in [-0.05, 0) is 31.2 Å². The minimum atomic E-state index is -0.260. The Balaban J connectivity index is 1.56. The molecule has 0 aliphatic heterocycles. The third kappa shape index (κ3) is 3.25. The number of hydrogen-bond donors (Lipinski definition) is 1. The highest BCUT2D eigenvalue weighted by Crippen LogP contribution is 2.24. The van der Waals surface area contributed by atoms with Crippen molar-refractivity contribution in [2.75, 3.05) is 5.32 Å². The highest BCUT2D eigenvalue weighted by Gasteiger charge is 2.15. The molecule has 0 radical (unpaired) electrons. The van der Waals surface area contributed by atoms with E-state index in [1.807, 2.05) is 60.8 Å². The van der Waals surface area contributed by atoms with Crippen molar-refractivity contribution >= 4 is 22.4 Å². The van der Waals surface area contributed by atoms with Crippen LogP contribution in [0.2, 0.25) is 0 Å². The van der Waals surface area contributed by atoms with E-state index >= 15 is 0 Å². The molecule has 7 heteroatoms. The predicted octanol–water partition coefficient (Wildman–Crippen LogP) is 3.95. The first-order valence-electron chi connectivity index (χ1n) is 7.99. The third-order valence-corrected chi connectivity index (χ3v) is 4.54. The van der Waals surface area contributed by atoms with Gasteiger partial charge >= 0.3 is 0 Å². The van der Waals surface area contributed by atoms with E-state index in [9.17, 15) is 4.79 Å². The first-order chi connectivity index (χ1) is 12.7. The average molecular weight is 361 g/mol. The first-order valence-corrected chi connectivity index (χ1v) is 8.87. The van der Waals surface area contributed by atoms with E-state index in [1.165, 1.54) is 11.3 Å². The number of imidazole rings is 1. The fraction of sp³-hybridized carbons (Fsp3) is 0.0526. The van der Waals surface area contributed by atoms with E-state index in [-0.39, 0.29) is 5.91 Å². The Labute approximate surface area is 154 Å². The van der Waals surface area contributed by atoms with Gasteiger partial charge in [-0.1, -0.05) is 24.3 Å². The van der Waals surface area contributed by atoms with Gasteiger partial charge < -0.3 is 0 Å². The number of carbonyl (C=O) groups excluding carboxylic acids is 1. The van der Waals surface area contributed by atoms with Crippen LogP contribution in [0.25, 0.3) is 17.1 Å². The van der Waals surface area contributed by atoms with Crippen LogP contribution in [0, 0.1) is 6.92 Å². The summed E-state index contributed by atoms with van der Waals surface area (Å²) in [5, 5.41) is 5.24. The second-order valence-corrected chi connectivity index (χ2v) is 6.50. The van der Waals surface area contributed by atoms with Gasteiger partial charge in [0, 0.05) is 16.8 Å². The molecule has 0 saturated heterocycles. The molecule has 3 aromatic heterocycles. The smallest absolute Gasteiger partial charge is 0.276 e. The molecule has 1 N–H and O–H groups in total. The third-order valence-electron chi connectivity index (χ3n) is 3.78. The van der Waals surface area contributed by atoms with Gasteiger partial charge in [0.15, 0.2) is 5.13 Å². The van der Waals surface area contributed by atoms with Crippen molar-refractivity contribution in [2.24, 2.45) is 0 Å². The Kier molecular flexibility index (Phi) is 4.28. The van der Waals surface area contributed by atoms with Crippen molar-refractivity contribution in [1.29, 1.82) is 0 Å². The van der Waals surface area contributed by atoms with Crippen molar-refractivity contribution in [3.8, 4) is 17.1 Å². The highest BCUT2D eigenvalue weighted by molar-refractivity contribution is 7.14. The SMILES string of the molecule is Cc1cccc(-c2csc(NC(=O)c3cncn3-c3ccccc3)n2)n1. The normalized spacial score (nSPS) is 10.7. The van der Waals surface area contributed by atoms with Gasteiger partial charge in [0.05, 0.1) is 18.2 Å². The number of amides is 1. The quantitative estimate of drug-likeness (QED) is 0.597. The van der Waals surface area contributed by atoms with Crippen molar-refractivity contribution < 1.29 is 4.79 Å². The number of thiazole rings is 1. The van der Waals surface area contributed by atoms with Gasteiger partial charge in [0.1, 0.15) is 11.4 Å². The predicted molar refractivity (Wildman–Crippen MR) is 102 cm³/mol.